The molecule has 8 aromatic carbocycles. The first-order valence-corrected chi connectivity index (χ1v) is 17.8. The van der Waals surface area contributed by atoms with Gasteiger partial charge in [-0.3, -0.25) is 0 Å². The first-order valence-electron chi connectivity index (χ1n) is 17.8. The molecule has 53 heavy (non-hydrogen) atoms. The van der Waals surface area contributed by atoms with E-state index in [0.717, 1.165) is 71.7 Å². The molecule has 0 saturated heterocycles. The van der Waals surface area contributed by atoms with Gasteiger partial charge in [0.25, 0.3) is 0 Å². The van der Waals surface area contributed by atoms with Gasteiger partial charge in [0, 0.05) is 27.5 Å². The monoisotopic (exact) mass is 677 g/mol. The van der Waals surface area contributed by atoms with Gasteiger partial charge >= 0.3 is 0 Å². The van der Waals surface area contributed by atoms with Gasteiger partial charge in [0.2, 0.25) is 0 Å². The maximum atomic E-state index is 6.46. The Hall–Kier alpha value is -7.17. The van der Waals surface area contributed by atoms with Crippen LogP contribution in [0.25, 0.3) is 100 Å². The minimum atomic E-state index is 0.611. The lowest BCUT2D eigenvalue weighted by molar-refractivity contribution is 0.669. The quantitative estimate of drug-likeness (QED) is 0.176. The highest BCUT2D eigenvalue weighted by atomic mass is 16.3. The molecule has 2 aromatic heterocycles. The number of fused-ring (bicyclic) bond motifs is 4. The highest BCUT2D eigenvalue weighted by molar-refractivity contribution is 6.13. The van der Waals surface area contributed by atoms with Crippen LogP contribution in [0.4, 0.5) is 0 Å². The molecule has 0 unspecified atom stereocenters. The van der Waals surface area contributed by atoms with Crippen molar-refractivity contribution in [2.75, 3.05) is 0 Å². The van der Waals surface area contributed by atoms with E-state index in [1.807, 2.05) is 54.6 Å². The molecule has 0 bridgehead atoms. The van der Waals surface area contributed by atoms with Gasteiger partial charge in [0.15, 0.2) is 17.5 Å². The first kappa shape index (κ1) is 30.6. The topological polar surface area (TPSA) is 51.8 Å². The minimum absolute atomic E-state index is 0.611. The highest BCUT2D eigenvalue weighted by Gasteiger charge is 2.17. The van der Waals surface area contributed by atoms with Gasteiger partial charge in [-0.2, -0.15) is 0 Å². The van der Waals surface area contributed by atoms with Gasteiger partial charge in [-0.15, -0.1) is 0 Å². The van der Waals surface area contributed by atoms with Crippen molar-refractivity contribution in [2.45, 2.75) is 0 Å². The fourth-order valence-corrected chi connectivity index (χ4v) is 7.34. The van der Waals surface area contributed by atoms with E-state index >= 15 is 0 Å². The normalized spacial score (nSPS) is 11.4. The van der Waals surface area contributed by atoms with E-state index in [4.69, 9.17) is 19.4 Å². The zero-order valence-electron chi connectivity index (χ0n) is 28.6. The summed E-state index contributed by atoms with van der Waals surface area (Å²) in [7, 11) is 0. The number of aromatic nitrogens is 3. The summed E-state index contributed by atoms with van der Waals surface area (Å²) in [6.07, 6.45) is 0. The molecule has 0 fully saturated rings. The maximum Gasteiger partial charge on any atom is 0.164 e. The van der Waals surface area contributed by atoms with E-state index in [1.54, 1.807) is 0 Å². The van der Waals surface area contributed by atoms with Gasteiger partial charge in [-0.1, -0.05) is 158 Å². The van der Waals surface area contributed by atoms with Gasteiger partial charge in [-0.25, -0.2) is 15.0 Å². The van der Waals surface area contributed by atoms with Crippen molar-refractivity contribution in [2.24, 2.45) is 0 Å². The Morgan fingerprint density at radius 3 is 1.60 bits per heavy atom. The fraction of sp³-hybridized carbons (Fsp3) is 0. The number of rotatable bonds is 6. The second-order valence-electron chi connectivity index (χ2n) is 13.2. The van der Waals surface area contributed by atoms with Crippen LogP contribution in [0.3, 0.4) is 0 Å². The Morgan fingerprint density at radius 2 is 0.868 bits per heavy atom. The van der Waals surface area contributed by atoms with Crippen molar-refractivity contribution in [1.29, 1.82) is 0 Å². The zero-order valence-corrected chi connectivity index (χ0v) is 28.6. The Morgan fingerprint density at radius 1 is 0.302 bits per heavy atom. The molecule has 0 amide bonds. The third kappa shape index (κ3) is 5.63. The lowest BCUT2D eigenvalue weighted by Gasteiger charge is -2.12. The molecule has 4 nitrogen and oxygen atoms in total. The number of hydrogen-bond donors (Lipinski definition) is 0. The smallest absolute Gasteiger partial charge is 0.164 e. The van der Waals surface area contributed by atoms with Crippen molar-refractivity contribution < 1.29 is 4.42 Å². The number of nitrogens with zero attached hydrogens (tertiary/aromatic N) is 3. The second kappa shape index (κ2) is 12.9. The van der Waals surface area contributed by atoms with Crippen LogP contribution in [-0.4, -0.2) is 15.0 Å². The average molecular weight is 678 g/mol. The summed E-state index contributed by atoms with van der Waals surface area (Å²) in [4.78, 5) is 15.3. The molecule has 0 aliphatic rings. The van der Waals surface area contributed by atoms with Crippen LogP contribution in [0.1, 0.15) is 0 Å². The molecular formula is C49H31N3O. The third-order valence-corrected chi connectivity index (χ3v) is 9.91. The van der Waals surface area contributed by atoms with E-state index in [0.29, 0.717) is 17.5 Å². The molecule has 4 heteroatoms. The largest absolute Gasteiger partial charge is 0.456 e. The van der Waals surface area contributed by atoms with Crippen molar-refractivity contribution >= 4 is 32.7 Å². The summed E-state index contributed by atoms with van der Waals surface area (Å²) < 4.78 is 6.46. The SMILES string of the molecule is c1ccc(-c2nc(-c3cccc(-c4cc(-c5ccccc5)c5c(c4)oc4ccccc45)c3)nc(-c3ccc4cccc(-c5ccccc5)c4c3)n2)cc1. The summed E-state index contributed by atoms with van der Waals surface area (Å²) in [6, 6.07) is 65.2. The van der Waals surface area contributed by atoms with Crippen LogP contribution in [0, 0.1) is 0 Å². The molecule has 0 aliphatic carbocycles. The van der Waals surface area contributed by atoms with Gasteiger partial charge < -0.3 is 4.42 Å². The van der Waals surface area contributed by atoms with Crippen molar-refractivity contribution in [3.8, 4) is 67.5 Å². The third-order valence-electron chi connectivity index (χ3n) is 9.91. The summed E-state index contributed by atoms with van der Waals surface area (Å²) in [5.41, 5.74) is 11.2. The molecule has 248 valence electrons. The molecule has 0 saturated carbocycles. The van der Waals surface area contributed by atoms with Crippen LogP contribution in [-0.2, 0) is 0 Å². The first-order chi connectivity index (χ1) is 26.2. The number of furan rings is 1. The van der Waals surface area contributed by atoms with E-state index in [1.165, 1.54) is 11.1 Å². The Labute approximate surface area is 306 Å². The lowest BCUT2D eigenvalue weighted by Crippen LogP contribution is -2.00. The molecule has 0 spiro atoms. The fourth-order valence-electron chi connectivity index (χ4n) is 7.34. The van der Waals surface area contributed by atoms with Crippen LogP contribution in [0.5, 0.6) is 0 Å². The number of benzene rings is 8. The molecule has 10 aromatic rings. The molecule has 0 radical (unpaired) electrons. The van der Waals surface area contributed by atoms with E-state index in [9.17, 15) is 0 Å². The molecule has 0 N–H and O–H groups in total. The minimum Gasteiger partial charge on any atom is -0.456 e. The van der Waals surface area contributed by atoms with Crippen LogP contribution < -0.4 is 0 Å². The Balaban J connectivity index is 1.13. The van der Waals surface area contributed by atoms with Gasteiger partial charge in [-0.05, 0) is 74.5 Å². The lowest BCUT2D eigenvalue weighted by atomic mass is 9.94. The standard InChI is InChI=1S/C49H31N3O/c1-4-14-32(15-5-1)40-24-13-20-34-26-27-38(29-42(34)40)49-51-47(35-18-8-3-9-19-35)50-48(52-49)37-22-12-21-36(28-37)39-30-43(33-16-6-2-7-17-33)46-41-23-10-11-25-44(41)53-45(46)31-39/h1-31H. The van der Waals surface area contributed by atoms with E-state index in [-0.39, 0.29) is 0 Å². The van der Waals surface area contributed by atoms with Crippen LogP contribution in [0.2, 0.25) is 0 Å². The molecular weight excluding hydrogens is 647 g/mol. The zero-order chi connectivity index (χ0) is 35.1. The molecule has 0 atom stereocenters. The van der Waals surface area contributed by atoms with Crippen molar-refractivity contribution in [3.63, 3.8) is 0 Å². The van der Waals surface area contributed by atoms with Crippen LogP contribution in [0.15, 0.2) is 192 Å². The second-order valence-corrected chi connectivity index (χ2v) is 13.2. The Kier molecular flexibility index (Phi) is 7.43. The van der Waals surface area contributed by atoms with Crippen molar-refractivity contribution in [3.05, 3.63) is 188 Å². The number of hydrogen-bond acceptors (Lipinski definition) is 4. The predicted molar refractivity (Wildman–Crippen MR) is 217 cm³/mol. The summed E-state index contributed by atoms with van der Waals surface area (Å²) >= 11 is 0. The summed E-state index contributed by atoms with van der Waals surface area (Å²) in [6.45, 7) is 0. The highest BCUT2D eigenvalue weighted by Crippen LogP contribution is 2.41. The molecule has 2 heterocycles. The predicted octanol–water partition coefficient (Wildman–Crippen LogP) is 12.9. The van der Waals surface area contributed by atoms with E-state index < -0.39 is 0 Å². The maximum absolute atomic E-state index is 6.46. The Bertz CT molecular complexity index is 2940. The van der Waals surface area contributed by atoms with E-state index in [2.05, 4.69) is 133 Å². The molecule has 0 aliphatic heterocycles. The molecule has 10 rings (SSSR count). The van der Waals surface area contributed by atoms with Crippen molar-refractivity contribution in [1.82, 2.24) is 15.0 Å². The van der Waals surface area contributed by atoms with Gasteiger partial charge in [0.1, 0.15) is 11.2 Å². The van der Waals surface area contributed by atoms with Gasteiger partial charge in [0.05, 0.1) is 0 Å². The average Bonchev–Trinajstić information content (AvgIpc) is 3.62. The summed E-state index contributed by atoms with van der Waals surface area (Å²) in [5, 5.41) is 4.54. The van der Waals surface area contributed by atoms with Crippen LogP contribution >= 0.6 is 0 Å². The number of para-hydroxylation sites is 1. The summed E-state index contributed by atoms with van der Waals surface area (Å²) in [5.74, 6) is 1.86.